The number of anilines is 1. The van der Waals surface area contributed by atoms with Gasteiger partial charge in [-0.3, -0.25) is 0 Å². The van der Waals surface area contributed by atoms with E-state index in [1.165, 1.54) is 5.56 Å². The molecule has 0 aliphatic heterocycles. The lowest BCUT2D eigenvalue weighted by Gasteiger charge is -2.15. The van der Waals surface area contributed by atoms with Crippen LogP contribution < -0.4 is 10.1 Å². The molecule has 2 rings (SSSR count). The van der Waals surface area contributed by atoms with Crippen LogP contribution in [0, 0.1) is 6.92 Å². The molecule has 0 heterocycles. The fourth-order valence-electron chi connectivity index (χ4n) is 2.29. The van der Waals surface area contributed by atoms with E-state index in [0.717, 1.165) is 29.0 Å². The zero-order valence-corrected chi connectivity index (χ0v) is 14.7. The molecule has 3 nitrogen and oxygen atoms in total. The Morgan fingerprint density at radius 2 is 1.91 bits per heavy atom. The summed E-state index contributed by atoms with van der Waals surface area (Å²) in [6.07, 6.45) is 1.03. The van der Waals surface area contributed by atoms with Gasteiger partial charge >= 0.3 is 0 Å². The molecule has 0 unspecified atom stereocenters. The summed E-state index contributed by atoms with van der Waals surface area (Å²) in [5.41, 5.74) is 4.42. The zero-order valence-electron chi connectivity index (χ0n) is 13.9. The number of aryl methyl sites for hydroxylation is 2. The molecule has 0 spiro atoms. The number of nitrogens with one attached hydrogen (secondary N) is 1. The molecule has 0 atom stereocenters. The van der Waals surface area contributed by atoms with E-state index in [2.05, 4.69) is 31.3 Å². The van der Waals surface area contributed by atoms with E-state index in [0.29, 0.717) is 18.4 Å². The largest absolute Gasteiger partial charge is 0.489 e. The Hall–Kier alpha value is -2.07. The van der Waals surface area contributed by atoms with Gasteiger partial charge in [0.2, 0.25) is 0 Å². The Morgan fingerprint density at radius 1 is 1.13 bits per heavy atom. The van der Waals surface area contributed by atoms with Crippen LogP contribution >= 0.6 is 12.2 Å². The Labute approximate surface area is 143 Å². The molecule has 0 saturated heterocycles. The number of para-hydroxylation sites is 1. The van der Waals surface area contributed by atoms with Gasteiger partial charge in [0.15, 0.2) is 0 Å². The lowest BCUT2D eigenvalue weighted by Crippen LogP contribution is -2.14. The van der Waals surface area contributed by atoms with Crippen LogP contribution in [-0.4, -0.2) is 11.8 Å². The van der Waals surface area contributed by atoms with Crippen molar-refractivity contribution >= 4 is 23.1 Å². The van der Waals surface area contributed by atoms with Crippen LogP contribution in [-0.2, 0) is 17.8 Å². The van der Waals surface area contributed by atoms with Crippen molar-refractivity contribution in [3.63, 3.8) is 0 Å². The number of thiocarbonyl (C=S) groups is 1. The van der Waals surface area contributed by atoms with Gasteiger partial charge in [-0.15, -0.1) is 0 Å². The number of ether oxygens (including phenoxy) is 2. The maximum absolute atomic E-state index is 5.98. The van der Waals surface area contributed by atoms with Gasteiger partial charge in [-0.25, -0.2) is 0 Å². The molecule has 0 aromatic heterocycles. The highest BCUT2D eigenvalue weighted by Crippen LogP contribution is 2.23. The van der Waals surface area contributed by atoms with Crippen LogP contribution in [0.1, 0.15) is 30.5 Å². The number of hydrogen-bond donors (Lipinski definition) is 1. The van der Waals surface area contributed by atoms with E-state index in [9.17, 15) is 0 Å². The van der Waals surface area contributed by atoms with E-state index in [4.69, 9.17) is 21.7 Å². The maximum Gasteiger partial charge on any atom is 0.261 e. The molecule has 0 fully saturated rings. The van der Waals surface area contributed by atoms with Gasteiger partial charge in [-0.05, 0) is 55.7 Å². The average Bonchev–Trinajstić information content (AvgIpc) is 2.55. The van der Waals surface area contributed by atoms with E-state index in [1.807, 2.05) is 37.3 Å². The van der Waals surface area contributed by atoms with Gasteiger partial charge in [-0.2, -0.15) is 0 Å². The topological polar surface area (TPSA) is 30.5 Å². The summed E-state index contributed by atoms with van der Waals surface area (Å²) >= 11 is 5.15. The summed E-state index contributed by atoms with van der Waals surface area (Å²) in [5.74, 6) is 0.907. The van der Waals surface area contributed by atoms with Crippen molar-refractivity contribution in [3.8, 4) is 5.75 Å². The Morgan fingerprint density at radius 3 is 2.61 bits per heavy atom. The lowest BCUT2D eigenvalue weighted by molar-refractivity contribution is 0.304. The van der Waals surface area contributed by atoms with Gasteiger partial charge in [0, 0.05) is 11.3 Å². The zero-order chi connectivity index (χ0) is 16.7. The molecule has 0 bridgehead atoms. The monoisotopic (exact) mass is 329 g/mol. The molecule has 1 N–H and O–H groups in total. The molecule has 0 saturated carbocycles. The highest BCUT2D eigenvalue weighted by atomic mass is 32.1. The van der Waals surface area contributed by atoms with Crippen LogP contribution in [0.25, 0.3) is 0 Å². The van der Waals surface area contributed by atoms with Crippen LogP contribution in [0.4, 0.5) is 5.69 Å². The molecule has 0 aliphatic carbocycles. The lowest BCUT2D eigenvalue weighted by atomic mass is 10.1. The van der Waals surface area contributed by atoms with E-state index in [-0.39, 0.29) is 0 Å². The average molecular weight is 329 g/mol. The molecular weight excluding hydrogens is 306 g/mol. The minimum absolute atomic E-state index is 0.378. The van der Waals surface area contributed by atoms with Crippen molar-refractivity contribution in [1.29, 1.82) is 0 Å². The van der Waals surface area contributed by atoms with Gasteiger partial charge in [0.25, 0.3) is 5.17 Å². The van der Waals surface area contributed by atoms with Gasteiger partial charge in [-0.1, -0.05) is 37.3 Å². The third-order valence-corrected chi connectivity index (χ3v) is 3.78. The van der Waals surface area contributed by atoms with E-state index >= 15 is 0 Å². The SMILES string of the molecule is CCOC(=S)Nc1ccccc1COc1ccc(CC)cc1C. The second-order valence-electron chi connectivity index (χ2n) is 5.24. The first-order chi connectivity index (χ1) is 11.1. The van der Waals surface area contributed by atoms with Crippen molar-refractivity contribution in [1.82, 2.24) is 0 Å². The first-order valence-corrected chi connectivity index (χ1v) is 8.28. The molecule has 2 aromatic rings. The minimum atomic E-state index is 0.378. The van der Waals surface area contributed by atoms with Gasteiger partial charge in [0.05, 0.1) is 6.61 Å². The van der Waals surface area contributed by atoms with Crippen molar-refractivity contribution in [2.45, 2.75) is 33.8 Å². The van der Waals surface area contributed by atoms with Gasteiger partial charge in [0.1, 0.15) is 12.4 Å². The highest BCUT2D eigenvalue weighted by Gasteiger charge is 2.07. The first kappa shape index (κ1) is 17.3. The highest BCUT2D eigenvalue weighted by molar-refractivity contribution is 7.80. The van der Waals surface area contributed by atoms with Crippen LogP contribution in [0.15, 0.2) is 42.5 Å². The Bertz CT molecular complexity index is 670. The number of benzene rings is 2. The number of rotatable bonds is 6. The molecule has 0 amide bonds. The molecule has 4 heteroatoms. The normalized spacial score (nSPS) is 10.2. The molecule has 122 valence electrons. The second kappa shape index (κ2) is 8.53. The van der Waals surface area contributed by atoms with Crippen molar-refractivity contribution in [2.24, 2.45) is 0 Å². The molecular formula is C19H23NO2S. The van der Waals surface area contributed by atoms with Crippen LogP contribution in [0.5, 0.6) is 5.75 Å². The Kier molecular flexibility index (Phi) is 6.41. The molecule has 2 aromatic carbocycles. The summed E-state index contributed by atoms with van der Waals surface area (Å²) in [6.45, 7) is 7.16. The summed E-state index contributed by atoms with van der Waals surface area (Å²) < 4.78 is 11.3. The van der Waals surface area contributed by atoms with Crippen molar-refractivity contribution in [2.75, 3.05) is 11.9 Å². The predicted molar refractivity (Wildman–Crippen MR) is 99.2 cm³/mol. The molecule has 23 heavy (non-hydrogen) atoms. The molecule has 0 radical (unpaired) electrons. The van der Waals surface area contributed by atoms with E-state index < -0.39 is 0 Å². The second-order valence-corrected chi connectivity index (χ2v) is 5.62. The molecule has 0 aliphatic rings. The third kappa shape index (κ3) is 4.96. The quantitative estimate of drug-likeness (QED) is 0.766. The smallest absolute Gasteiger partial charge is 0.261 e. The number of hydrogen-bond acceptors (Lipinski definition) is 3. The summed E-state index contributed by atoms with van der Waals surface area (Å²) in [5, 5.41) is 3.49. The van der Waals surface area contributed by atoms with Crippen molar-refractivity contribution < 1.29 is 9.47 Å². The van der Waals surface area contributed by atoms with Crippen LogP contribution in [0.2, 0.25) is 0 Å². The first-order valence-electron chi connectivity index (χ1n) is 7.88. The van der Waals surface area contributed by atoms with Crippen LogP contribution in [0.3, 0.4) is 0 Å². The van der Waals surface area contributed by atoms with Crippen molar-refractivity contribution in [3.05, 3.63) is 59.2 Å². The minimum Gasteiger partial charge on any atom is -0.489 e. The van der Waals surface area contributed by atoms with E-state index in [1.54, 1.807) is 0 Å². The third-order valence-electron chi connectivity index (χ3n) is 3.56. The maximum atomic E-state index is 5.98. The fraction of sp³-hybridized carbons (Fsp3) is 0.316. The van der Waals surface area contributed by atoms with Gasteiger partial charge < -0.3 is 14.8 Å². The Balaban J connectivity index is 2.07. The predicted octanol–water partition coefficient (Wildman–Crippen LogP) is 4.87. The summed E-state index contributed by atoms with van der Waals surface area (Å²) in [6, 6.07) is 14.3. The standard InChI is InChI=1S/C19H23NO2S/c1-4-15-10-11-18(14(3)12-15)22-13-16-8-6-7-9-17(16)20-19(23)21-5-2/h6-12H,4-5,13H2,1-3H3,(H,20,23). The fourth-order valence-corrected chi connectivity index (χ4v) is 2.52. The summed E-state index contributed by atoms with van der Waals surface area (Å²) in [7, 11) is 0. The summed E-state index contributed by atoms with van der Waals surface area (Å²) in [4.78, 5) is 0.